The molecule has 0 heterocycles. The number of ether oxygens (including phenoxy) is 1. The third-order valence-corrected chi connectivity index (χ3v) is 2.82. The minimum atomic E-state index is 0.184. The lowest BCUT2D eigenvalue weighted by Crippen LogP contribution is -1.90. The summed E-state index contributed by atoms with van der Waals surface area (Å²) in [5.74, 6) is 0.601. The lowest BCUT2D eigenvalue weighted by Gasteiger charge is -2.10. The summed E-state index contributed by atoms with van der Waals surface area (Å²) >= 11 is 15.4. The summed E-state index contributed by atoms with van der Waals surface area (Å²) in [6, 6.07) is 3.53. The number of alkyl halides is 1. The topological polar surface area (TPSA) is 9.23 Å². The second-order valence-corrected chi connectivity index (χ2v) is 4.81. The van der Waals surface area contributed by atoms with Gasteiger partial charge in [0.2, 0.25) is 0 Å². The number of methoxy groups -OCH3 is 1. The van der Waals surface area contributed by atoms with Crippen molar-refractivity contribution in [2.75, 3.05) is 7.11 Å². The Hall–Kier alpha value is 0.0800. The van der Waals surface area contributed by atoms with Gasteiger partial charge in [0, 0.05) is 15.9 Å². The van der Waals surface area contributed by atoms with Gasteiger partial charge in [0.15, 0.2) is 0 Å². The zero-order chi connectivity index (χ0) is 10.0. The van der Waals surface area contributed by atoms with Crippen LogP contribution in [-0.4, -0.2) is 7.11 Å². The van der Waals surface area contributed by atoms with E-state index >= 15 is 0 Å². The van der Waals surface area contributed by atoms with Gasteiger partial charge in [-0.15, -0.1) is 0 Å². The van der Waals surface area contributed by atoms with E-state index in [0.717, 1.165) is 5.56 Å². The zero-order valence-electron chi connectivity index (χ0n) is 7.27. The first-order valence-electron chi connectivity index (χ1n) is 3.73. The molecule has 72 valence electrons. The second-order valence-electron chi connectivity index (χ2n) is 2.62. The molecule has 0 bridgehead atoms. The third-order valence-electron chi connectivity index (χ3n) is 1.70. The van der Waals surface area contributed by atoms with Crippen molar-refractivity contribution < 1.29 is 4.74 Å². The SMILES string of the molecule is COc1cc(Cl)c(C(C)Br)cc1Cl. The predicted octanol–water partition coefficient (Wildman–Crippen LogP) is 4.46. The molecule has 1 nitrogen and oxygen atoms in total. The van der Waals surface area contributed by atoms with Gasteiger partial charge in [-0.2, -0.15) is 0 Å². The summed E-state index contributed by atoms with van der Waals surface area (Å²) in [6.07, 6.45) is 0. The summed E-state index contributed by atoms with van der Waals surface area (Å²) in [5.41, 5.74) is 0.965. The van der Waals surface area contributed by atoms with Crippen LogP contribution in [-0.2, 0) is 0 Å². The molecule has 0 fully saturated rings. The van der Waals surface area contributed by atoms with Crippen LogP contribution in [0.5, 0.6) is 5.75 Å². The minimum absolute atomic E-state index is 0.184. The second kappa shape index (κ2) is 4.54. The van der Waals surface area contributed by atoms with Crippen molar-refractivity contribution >= 4 is 39.1 Å². The quantitative estimate of drug-likeness (QED) is 0.728. The third kappa shape index (κ3) is 2.52. The van der Waals surface area contributed by atoms with E-state index in [1.807, 2.05) is 13.0 Å². The Balaban J connectivity index is 3.20. The highest BCUT2D eigenvalue weighted by Crippen LogP contribution is 2.36. The van der Waals surface area contributed by atoms with E-state index in [9.17, 15) is 0 Å². The van der Waals surface area contributed by atoms with E-state index in [4.69, 9.17) is 27.9 Å². The molecule has 1 aromatic rings. The monoisotopic (exact) mass is 282 g/mol. The minimum Gasteiger partial charge on any atom is -0.495 e. The standard InChI is InChI=1S/C9H9BrCl2O/c1-5(10)6-3-8(12)9(13-2)4-7(6)11/h3-5H,1-2H3. The van der Waals surface area contributed by atoms with E-state index in [1.54, 1.807) is 13.2 Å². The van der Waals surface area contributed by atoms with E-state index in [0.29, 0.717) is 15.8 Å². The van der Waals surface area contributed by atoms with Gasteiger partial charge in [-0.1, -0.05) is 39.1 Å². The lowest BCUT2D eigenvalue weighted by molar-refractivity contribution is 0.415. The molecule has 0 saturated carbocycles. The van der Waals surface area contributed by atoms with Gasteiger partial charge in [-0.05, 0) is 18.6 Å². The maximum Gasteiger partial charge on any atom is 0.138 e. The molecule has 0 aliphatic heterocycles. The molecule has 0 radical (unpaired) electrons. The molecule has 0 N–H and O–H groups in total. The van der Waals surface area contributed by atoms with Gasteiger partial charge >= 0.3 is 0 Å². The molecule has 1 aromatic carbocycles. The lowest BCUT2D eigenvalue weighted by atomic mass is 10.1. The van der Waals surface area contributed by atoms with Gasteiger partial charge in [0.1, 0.15) is 5.75 Å². The highest BCUT2D eigenvalue weighted by atomic mass is 79.9. The van der Waals surface area contributed by atoms with Crippen LogP contribution in [0.4, 0.5) is 0 Å². The molecule has 1 unspecified atom stereocenters. The predicted molar refractivity (Wildman–Crippen MR) is 60.4 cm³/mol. The summed E-state index contributed by atoms with van der Waals surface area (Å²) in [6.45, 7) is 1.99. The van der Waals surface area contributed by atoms with E-state index in [1.165, 1.54) is 0 Å². The molecule has 0 saturated heterocycles. The van der Waals surface area contributed by atoms with Crippen LogP contribution in [0.3, 0.4) is 0 Å². The molecule has 4 heteroatoms. The van der Waals surface area contributed by atoms with Crippen LogP contribution in [0.25, 0.3) is 0 Å². The highest BCUT2D eigenvalue weighted by Gasteiger charge is 2.10. The molecular weight excluding hydrogens is 275 g/mol. The van der Waals surface area contributed by atoms with E-state index in [-0.39, 0.29) is 4.83 Å². The first-order chi connectivity index (χ1) is 6.06. The fraction of sp³-hybridized carbons (Fsp3) is 0.333. The number of halogens is 3. The molecule has 0 aliphatic rings. The largest absolute Gasteiger partial charge is 0.495 e. The Bertz CT molecular complexity index is 313. The smallest absolute Gasteiger partial charge is 0.138 e. The average molecular weight is 284 g/mol. The van der Waals surface area contributed by atoms with Gasteiger partial charge in [0.25, 0.3) is 0 Å². The van der Waals surface area contributed by atoms with Crippen molar-refractivity contribution in [1.82, 2.24) is 0 Å². The Kier molecular flexibility index (Phi) is 3.89. The van der Waals surface area contributed by atoms with Gasteiger partial charge in [0.05, 0.1) is 12.1 Å². The summed E-state index contributed by atoms with van der Waals surface area (Å²) < 4.78 is 5.03. The molecular formula is C9H9BrCl2O. The summed E-state index contributed by atoms with van der Waals surface area (Å²) in [4.78, 5) is 0.184. The Morgan fingerprint density at radius 1 is 1.31 bits per heavy atom. The van der Waals surface area contributed by atoms with Crippen molar-refractivity contribution in [3.05, 3.63) is 27.7 Å². The van der Waals surface area contributed by atoms with E-state index < -0.39 is 0 Å². The summed E-state index contributed by atoms with van der Waals surface area (Å²) in [5, 5.41) is 1.24. The molecule has 1 rings (SSSR count). The molecule has 0 aliphatic carbocycles. The van der Waals surface area contributed by atoms with Crippen molar-refractivity contribution in [1.29, 1.82) is 0 Å². The van der Waals surface area contributed by atoms with Crippen LogP contribution in [0, 0.1) is 0 Å². The molecule has 13 heavy (non-hydrogen) atoms. The first-order valence-corrected chi connectivity index (χ1v) is 5.40. The van der Waals surface area contributed by atoms with Gasteiger partial charge in [-0.25, -0.2) is 0 Å². The maximum atomic E-state index is 6.01. The van der Waals surface area contributed by atoms with Crippen LogP contribution in [0.1, 0.15) is 17.3 Å². The number of hydrogen-bond acceptors (Lipinski definition) is 1. The Morgan fingerprint density at radius 3 is 2.38 bits per heavy atom. The molecule has 0 amide bonds. The molecule has 0 aromatic heterocycles. The van der Waals surface area contributed by atoms with Crippen LogP contribution < -0.4 is 4.74 Å². The van der Waals surface area contributed by atoms with Crippen LogP contribution in [0.15, 0.2) is 12.1 Å². The maximum absolute atomic E-state index is 6.01. The highest BCUT2D eigenvalue weighted by molar-refractivity contribution is 9.09. The fourth-order valence-corrected chi connectivity index (χ4v) is 2.08. The van der Waals surface area contributed by atoms with Crippen molar-refractivity contribution in [3.63, 3.8) is 0 Å². The zero-order valence-corrected chi connectivity index (χ0v) is 10.4. The van der Waals surface area contributed by atoms with Crippen molar-refractivity contribution in [2.45, 2.75) is 11.8 Å². The summed E-state index contributed by atoms with van der Waals surface area (Å²) in [7, 11) is 1.56. The normalized spacial score (nSPS) is 12.7. The number of hydrogen-bond donors (Lipinski definition) is 0. The van der Waals surface area contributed by atoms with E-state index in [2.05, 4.69) is 15.9 Å². The first kappa shape index (κ1) is 11.2. The molecule has 1 atom stereocenters. The van der Waals surface area contributed by atoms with Crippen LogP contribution >= 0.6 is 39.1 Å². The number of benzene rings is 1. The molecule has 0 spiro atoms. The number of rotatable bonds is 2. The van der Waals surface area contributed by atoms with Gasteiger partial charge in [-0.3, -0.25) is 0 Å². The van der Waals surface area contributed by atoms with Crippen molar-refractivity contribution in [3.8, 4) is 5.75 Å². The van der Waals surface area contributed by atoms with Crippen molar-refractivity contribution in [2.24, 2.45) is 0 Å². The van der Waals surface area contributed by atoms with Crippen LogP contribution in [0.2, 0.25) is 10.0 Å². The Morgan fingerprint density at radius 2 is 1.92 bits per heavy atom. The average Bonchev–Trinajstić information content (AvgIpc) is 2.07. The Labute approximate surface area is 96.1 Å². The van der Waals surface area contributed by atoms with Gasteiger partial charge < -0.3 is 4.74 Å². The fourth-order valence-electron chi connectivity index (χ4n) is 1.01.